The summed E-state index contributed by atoms with van der Waals surface area (Å²) < 4.78 is 0. The monoisotopic (exact) mass is 324 g/mol. The molecule has 5 heteroatoms. The predicted octanol–water partition coefficient (Wildman–Crippen LogP) is 3.61. The van der Waals surface area contributed by atoms with E-state index in [4.69, 9.17) is 5.73 Å². The maximum absolute atomic E-state index is 12.3. The molecule has 0 bridgehead atoms. The van der Waals surface area contributed by atoms with Crippen molar-refractivity contribution < 1.29 is 4.79 Å². The van der Waals surface area contributed by atoms with Gasteiger partial charge in [-0.1, -0.05) is 36.4 Å². The summed E-state index contributed by atoms with van der Waals surface area (Å²) in [4.78, 5) is 15.4. The van der Waals surface area contributed by atoms with Gasteiger partial charge in [0.1, 0.15) is 0 Å². The third-order valence-corrected chi connectivity index (χ3v) is 4.14. The lowest BCUT2D eigenvalue weighted by atomic mass is 10.0. The van der Waals surface area contributed by atoms with Gasteiger partial charge in [-0.15, -0.1) is 23.7 Å². The highest BCUT2D eigenvalue weighted by Crippen LogP contribution is 2.17. The Bertz CT molecular complexity index is 530. The summed E-state index contributed by atoms with van der Waals surface area (Å²) in [5.74, 6) is 0.109. The van der Waals surface area contributed by atoms with Gasteiger partial charge in [0.05, 0.1) is 6.54 Å². The minimum atomic E-state index is -0.235. The fourth-order valence-electron chi connectivity index (χ4n) is 2.10. The van der Waals surface area contributed by atoms with E-state index in [1.165, 1.54) is 4.88 Å². The molecule has 0 aliphatic heterocycles. The van der Waals surface area contributed by atoms with Gasteiger partial charge in [-0.3, -0.25) is 4.79 Å². The molecular formula is C16H21ClN2OS. The first-order valence-electron chi connectivity index (χ1n) is 6.81. The fraction of sp³-hybridized carbons (Fsp3) is 0.312. The van der Waals surface area contributed by atoms with Gasteiger partial charge in [-0.25, -0.2) is 0 Å². The molecule has 1 amide bonds. The summed E-state index contributed by atoms with van der Waals surface area (Å²) in [7, 11) is 0. The van der Waals surface area contributed by atoms with Crippen molar-refractivity contribution in [3.05, 3.63) is 58.3 Å². The van der Waals surface area contributed by atoms with E-state index in [2.05, 4.69) is 6.07 Å². The number of nitrogens with zero attached hydrogens (tertiary/aromatic N) is 1. The average Bonchev–Trinajstić information content (AvgIpc) is 2.98. The van der Waals surface area contributed by atoms with Crippen LogP contribution in [0.4, 0.5) is 0 Å². The van der Waals surface area contributed by atoms with E-state index in [-0.39, 0.29) is 24.4 Å². The van der Waals surface area contributed by atoms with Crippen LogP contribution in [0.2, 0.25) is 0 Å². The zero-order chi connectivity index (χ0) is 14.4. The van der Waals surface area contributed by atoms with Gasteiger partial charge in [0.25, 0.3) is 0 Å². The van der Waals surface area contributed by atoms with Gasteiger partial charge in [-0.2, -0.15) is 0 Å². The molecule has 0 fully saturated rings. The van der Waals surface area contributed by atoms with Gasteiger partial charge in [0.15, 0.2) is 0 Å². The second-order valence-electron chi connectivity index (χ2n) is 4.71. The maximum atomic E-state index is 12.3. The molecule has 0 saturated heterocycles. The lowest BCUT2D eigenvalue weighted by molar-refractivity contribution is -0.132. The summed E-state index contributed by atoms with van der Waals surface area (Å²) in [6, 6.07) is 13.6. The number of benzene rings is 1. The summed E-state index contributed by atoms with van der Waals surface area (Å²) in [6.45, 7) is 3.38. The van der Waals surface area contributed by atoms with Crippen LogP contribution in [0.3, 0.4) is 0 Å². The summed E-state index contributed by atoms with van der Waals surface area (Å²) in [5.41, 5.74) is 7.12. The van der Waals surface area contributed by atoms with Crippen molar-refractivity contribution in [2.75, 3.05) is 6.54 Å². The third kappa shape index (κ3) is 5.16. The molecule has 0 aliphatic rings. The van der Waals surface area contributed by atoms with Crippen LogP contribution in [0.1, 0.15) is 29.8 Å². The highest BCUT2D eigenvalue weighted by Gasteiger charge is 2.17. The fourth-order valence-corrected chi connectivity index (χ4v) is 2.82. The van der Waals surface area contributed by atoms with Crippen molar-refractivity contribution in [3.8, 4) is 0 Å². The molecule has 0 saturated carbocycles. The molecule has 1 atom stereocenters. The van der Waals surface area contributed by atoms with Crippen molar-refractivity contribution in [1.29, 1.82) is 0 Å². The largest absolute Gasteiger partial charge is 0.338 e. The van der Waals surface area contributed by atoms with Crippen LogP contribution < -0.4 is 5.73 Å². The Labute approximate surface area is 136 Å². The average molecular weight is 325 g/mol. The van der Waals surface area contributed by atoms with Crippen LogP contribution in [0.5, 0.6) is 0 Å². The van der Waals surface area contributed by atoms with Crippen LogP contribution in [0.15, 0.2) is 47.8 Å². The molecule has 1 heterocycles. The normalized spacial score (nSPS) is 11.5. The SMILES string of the molecule is CCN(Cc1cccs1)C(=O)CC(N)c1ccccc1.Cl. The number of halogens is 1. The summed E-state index contributed by atoms with van der Waals surface area (Å²) in [6.07, 6.45) is 0.350. The minimum absolute atomic E-state index is 0. The van der Waals surface area contributed by atoms with Crippen LogP contribution in [0.25, 0.3) is 0 Å². The lowest BCUT2D eigenvalue weighted by Gasteiger charge is -2.22. The Hall–Kier alpha value is -1.36. The molecule has 2 N–H and O–H groups in total. The van der Waals surface area contributed by atoms with E-state index in [0.29, 0.717) is 19.5 Å². The Kier molecular flexibility index (Phi) is 7.43. The number of carbonyl (C=O) groups excluding carboxylic acids is 1. The minimum Gasteiger partial charge on any atom is -0.338 e. The first-order valence-corrected chi connectivity index (χ1v) is 7.69. The predicted molar refractivity (Wildman–Crippen MR) is 90.6 cm³/mol. The first-order chi connectivity index (χ1) is 9.70. The van der Waals surface area contributed by atoms with Crippen molar-refractivity contribution >= 4 is 29.7 Å². The standard InChI is InChI=1S/C16H20N2OS.ClH/c1-2-18(12-14-9-6-10-20-14)16(19)11-15(17)13-7-4-3-5-8-13;/h3-10,15H,2,11-12,17H2,1H3;1H. The molecule has 0 spiro atoms. The van der Waals surface area contributed by atoms with Gasteiger partial charge < -0.3 is 10.6 Å². The smallest absolute Gasteiger partial charge is 0.224 e. The Balaban J connectivity index is 0.00000220. The van der Waals surface area contributed by atoms with Crippen LogP contribution in [-0.2, 0) is 11.3 Å². The van der Waals surface area contributed by atoms with Crippen molar-refractivity contribution in [1.82, 2.24) is 4.90 Å². The van der Waals surface area contributed by atoms with Crippen LogP contribution >= 0.6 is 23.7 Å². The molecule has 1 aromatic carbocycles. The van der Waals surface area contributed by atoms with E-state index in [1.54, 1.807) is 11.3 Å². The molecule has 0 aliphatic carbocycles. The number of amides is 1. The molecule has 0 radical (unpaired) electrons. The molecule has 1 unspecified atom stereocenters. The molecule has 3 nitrogen and oxygen atoms in total. The van der Waals surface area contributed by atoms with E-state index in [1.807, 2.05) is 53.6 Å². The Morgan fingerprint density at radius 1 is 1.24 bits per heavy atom. The topological polar surface area (TPSA) is 46.3 Å². The Morgan fingerprint density at radius 3 is 2.52 bits per heavy atom. The van der Waals surface area contributed by atoms with Crippen molar-refractivity contribution in [2.45, 2.75) is 25.9 Å². The van der Waals surface area contributed by atoms with Crippen LogP contribution in [-0.4, -0.2) is 17.4 Å². The first kappa shape index (κ1) is 17.7. The third-order valence-electron chi connectivity index (χ3n) is 3.28. The number of carbonyl (C=O) groups is 1. The summed E-state index contributed by atoms with van der Waals surface area (Å²) >= 11 is 1.67. The number of thiophene rings is 1. The Morgan fingerprint density at radius 2 is 1.95 bits per heavy atom. The van der Waals surface area contributed by atoms with Gasteiger partial charge in [0.2, 0.25) is 5.91 Å². The zero-order valence-electron chi connectivity index (χ0n) is 12.1. The molecule has 1 aromatic heterocycles. The quantitative estimate of drug-likeness (QED) is 0.882. The zero-order valence-corrected chi connectivity index (χ0v) is 13.7. The lowest BCUT2D eigenvalue weighted by Crippen LogP contribution is -2.32. The van der Waals surface area contributed by atoms with Crippen molar-refractivity contribution in [2.24, 2.45) is 5.73 Å². The highest BCUT2D eigenvalue weighted by atomic mass is 35.5. The highest BCUT2D eigenvalue weighted by molar-refractivity contribution is 7.09. The summed E-state index contributed by atoms with van der Waals surface area (Å²) in [5, 5.41) is 2.03. The second-order valence-corrected chi connectivity index (χ2v) is 5.74. The van der Waals surface area contributed by atoms with Crippen LogP contribution in [0, 0.1) is 0 Å². The number of hydrogen-bond acceptors (Lipinski definition) is 3. The number of nitrogens with two attached hydrogens (primary N) is 1. The van der Waals surface area contributed by atoms with Crippen molar-refractivity contribution in [3.63, 3.8) is 0 Å². The second kappa shape index (κ2) is 8.82. The molecular weight excluding hydrogens is 304 g/mol. The van der Waals surface area contributed by atoms with Gasteiger partial charge >= 0.3 is 0 Å². The van der Waals surface area contributed by atoms with E-state index < -0.39 is 0 Å². The van der Waals surface area contributed by atoms with E-state index >= 15 is 0 Å². The molecule has 2 aromatic rings. The number of hydrogen-bond donors (Lipinski definition) is 1. The van der Waals surface area contributed by atoms with E-state index in [9.17, 15) is 4.79 Å². The molecule has 21 heavy (non-hydrogen) atoms. The van der Waals surface area contributed by atoms with E-state index in [0.717, 1.165) is 5.56 Å². The van der Waals surface area contributed by atoms with Gasteiger partial charge in [-0.05, 0) is 23.9 Å². The maximum Gasteiger partial charge on any atom is 0.224 e. The number of rotatable bonds is 6. The van der Waals surface area contributed by atoms with Gasteiger partial charge in [0, 0.05) is 23.9 Å². The molecule has 2 rings (SSSR count). The molecule has 114 valence electrons.